The van der Waals surface area contributed by atoms with E-state index in [0.29, 0.717) is 12.5 Å². The van der Waals surface area contributed by atoms with Crippen LogP contribution in [0.4, 0.5) is 14.9 Å². The van der Waals surface area contributed by atoms with Crippen LogP contribution in [0.2, 0.25) is 0 Å². The molecule has 5 nitrogen and oxygen atoms in total. The fourth-order valence-corrected chi connectivity index (χ4v) is 2.72. The SMILES string of the molecule is CC1CCN(C(=O)Nc2c(F)cccc2C(=O)O)C(C)C1. The molecular weight excluding hydrogens is 275 g/mol. The number of carboxylic acid groups (broad SMARTS) is 1. The molecule has 0 spiro atoms. The molecule has 1 aliphatic heterocycles. The third-order valence-electron chi connectivity index (χ3n) is 3.88. The summed E-state index contributed by atoms with van der Waals surface area (Å²) in [7, 11) is 0. The molecule has 1 aliphatic rings. The first-order valence-corrected chi connectivity index (χ1v) is 6.99. The Morgan fingerprint density at radius 3 is 2.71 bits per heavy atom. The quantitative estimate of drug-likeness (QED) is 0.880. The number of carboxylic acids is 1. The lowest BCUT2D eigenvalue weighted by molar-refractivity contribution is 0.0697. The largest absolute Gasteiger partial charge is 0.478 e. The summed E-state index contributed by atoms with van der Waals surface area (Å²) in [5.74, 6) is -1.47. The minimum Gasteiger partial charge on any atom is -0.478 e. The Bertz CT molecular complexity index is 562. The molecule has 1 saturated heterocycles. The number of nitrogens with zero attached hydrogens (tertiary/aromatic N) is 1. The van der Waals surface area contributed by atoms with Crippen molar-refractivity contribution in [2.45, 2.75) is 32.7 Å². The molecule has 0 aliphatic carbocycles. The van der Waals surface area contributed by atoms with Gasteiger partial charge < -0.3 is 15.3 Å². The summed E-state index contributed by atoms with van der Waals surface area (Å²) in [4.78, 5) is 25.0. The van der Waals surface area contributed by atoms with E-state index in [1.807, 2.05) is 6.92 Å². The van der Waals surface area contributed by atoms with Gasteiger partial charge in [-0.1, -0.05) is 13.0 Å². The van der Waals surface area contributed by atoms with E-state index in [4.69, 9.17) is 5.11 Å². The summed E-state index contributed by atoms with van der Waals surface area (Å²) in [6, 6.07) is 3.29. The smallest absolute Gasteiger partial charge is 0.337 e. The van der Waals surface area contributed by atoms with Crippen molar-refractivity contribution in [1.82, 2.24) is 4.90 Å². The summed E-state index contributed by atoms with van der Waals surface area (Å²) in [6.07, 6.45) is 1.78. The zero-order chi connectivity index (χ0) is 15.6. The molecule has 0 aromatic heterocycles. The van der Waals surface area contributed by atoms with Crippen molar-refractivity contribution in [3.8, 4) is 0 Å². The van der Waals surface area contributed by atoms with Gasteiger partial charge in [0.25, 0.3) is 0 Å². The van der Waals surface area contributed by atoms with Crippen LogP contribution >= 0.6 is 0 Å². The highest BCUT2D eigenvalue weighted by Gasteiger charge is 2.28. The lowest BCUT2D eigenvalue weighted by Gasteiger charge is -2.36. The lowest BCUT2D eigenvalue weighted by Crippen LogP contribution is -2.46. The molecule has 114 valence electrons. The highest BCUT2D eigenvalue weighted by atomic mass is 19.1. The number of likely N-dealkylation sites (tertiary alicyclic amines) is 1. The number of hydrogen-bond donors (Lipinski definition) is 2. The van der Waals surface area contributed by atoms with Crippen LogP contribution in [0, 0.1) is 11.7 Å². The molecule has 6 heteroatoms. The van der Waals surface area contributed by atoms with Gasteiger partial charge in [-0.25, -0.2) is 14.0 Å². The third kappa shape index (κ3) is 3.32. The van der Waals surface area contributed by atoms with Crippen molar-refractivity contribution in [2.75, 3.05) is 11.9 Å². The number of hydrogen-bond acceptors (Lipinski definition) is 2. The maximum absolute atomic E-state index is 13.8. The number of carbonyl (C=O) groups is 2. The fourth-order valence-electron chi connectivity index (χ4n) is 2.72. The Morgan fingerprint density at radius 2 is 2.10 bits per heavy atom. The molecule has 2 N–H and O–H groups in total. The van der Waals surface area contributed by atoms with Gasteiger partial charge in [0.05, 0.1) is 11.3 Å². The highest BCUT2D eigenvalue weighted by Crippen LogP contribution is 2.25. The van der Waals surface area contributed by atoms with E-state index in [2.05, 4.69) is 12.2 Å². The number of rotatable bonds is 2. The van der Waals surface area contributed by atoms with Crippen molar-refractivity contribution in [3.05, 3.63) is 29.6 Å². The van der Waals surface area contributed by atoms with Crippen molar-refractivity contribution < 1.29 is 19.1 Å². The van der Waals surface area contributed by atoms with E-state index in [1.54, 1.807) is 4.90 Å². The van der Waals surface area contributed by atoms with Gasteiger partial charge >= 0.3 is 12.0 Å². The van der Waals surface area contributed by atoms with Crippen LogP contribution in [0.15, 0.2) is 18.2 Å². The minimum absolute atomic E-state index is 0.0498. The van der Waals surface area contributed by atoms with Crippen molar-refractivity contribution in [3.63, 3.8) is 0 Å². The lowest BCUT2D eigenvalue weighted by atomic mass is 9.94. The number of urea groups is 1. The van der Waals surface area contributed by atoms with Gasteiger partial charge in [-0.3, -0.25) is 0 Å². The molecule has 2 unspecified atom stereocenters. The molecule has 1 heterocycles. The summed E-state index contributed by atoms with van der Waals surface area (Å²) >= 11 is 0. The number of para-hydroxylation sites is 1. The van der Waals surface area contributed by atoms with Crippen LogP contribution in [0.3, 0.4) is 0 Å². The maximum atomic E-state index is 13.8. The van der Waals surface area contributed by atoms with Crippen LogP contribution in [0.25, 0.3) is 0 Å². The van der Waals surface area contributed by atoms with Crippen molar-refractivity contribution in [2.24, 2.45) is 5.92 Å². The highest BCUT2D eigenvalue weighted by molar-refractivity contribution is 6.00. The Hall–Kier alpha value is -2.11. The molecule has 0 bridgehead atoms. The van der Waals surface area contributed by atoms with E-state index in [-0.39, 0.29) is 17.3 Å². The van der Waals surface area contributed by atoms with Crippen LogP contribution in [0.1, 0.15) is 37.0 Å². The molecule has 2 rings (SSSR count). The Balaban J connectivity index is 2.18. The van der Waals surface area contributed by atoms with Gasteiger partial charge in [0.1, 0.15) is 5.82 Å². The zero-order valence-electron chi connectivity index (χ0n) is 12.1. The first-order valence-electron chi connectivity index (χ1n) is 6.99. The predicted molar refractivity (Wildman–Crippen MR) is 76.9 cm³/mol. The van der Waals surface area contributed by atoms with Gasteiger partial charge in [-0.2, -0.15) is 0 Å². The van der Waals surface area contributed by atoms with Gasteiger partial charge in [-0.05, 0) is 37.8 Å². The summed E-state index contributed by atoms with van der Waals surface area (Å²) in [6.45, 7) is 4.66. The second kappa shape index (κ2) is 6.11. The van der Waals surface area contributed by atoms with Crippen LogP contribution < -0.4 is 5.32 Å². The molecular formula is C15H19FN2O3. The summed E-state index contributed by atoms with van der Waals surface area (Å²) in [5, 5.41) is 11.5. The average Bonchev–Trinajstić information content (AvgIpc) is 2.40. The number of piperidine rings is 1. The standard InChI is InChI=1S/C15H19FN2O3/c1-9-6-7-18(10(2)8-9)15(21)17-13-11(14(19)20)4-3-5-12(13)16/h3-5,9-10H,6-8H2,1-2H3,(H,17,21)(H,19,20). The Labute approximate surface area is 122 Å². The Kier molecular flexibility index (Phi) is 4.45. The van der Waals surface area contributed by atoms with Crippen LogP contribution in [-0.4, -0.2) is 34.6 Å². The van der Waals surface area contributed by atoms with E-state index in [0.717, 1.165) is 18.9 Å². The summed E-state index contributed by atoms with van der Waals surface area (Å²) < 4.78 is 13.8. The maximum Gasteiger partial charge on any atom is 0.337 e. The number of amides is 2. The minimum atomic E-state index is -1.27. The molecule has 1 aromatic carbocycles. The normalized spacial score (nSPS) is 22.0. The van der Waals surface area contributed by atoms with Crippen molar-refractivity contribution >= 4 is 17.7 Å². The molecule has 1 aromatic rings. The van der Waals surface area contributed by atoms with Gasteiger partial charge in [0, 0.05) is 12.6 Å². The molecule has 21 heavy (non-hydrogen) atoms. The topological polar surface area (TPSA) is 69.6 Å². The number of aromatic carboxylic acids is 1. The number of carbonyl (C=O) groups excluding carboxylic acids is 1. The van der Waals surface area contributed by atoms with Gasteiger partial charge in [0.2, 0.25) is 0 Å². The molecule has 2 atom stereocenters. The number of halogens is 1. The third-order valence-corrected chi connectivity index (χ3v) is 3.88. The van der Waals surface area contributed by atoms with Gasteiger partial charge in [0.15, 0.2) is 0 Å². The second-order valence-corrected chi connectivity index (χ2v) is 5.57. The molecule has 2 amide bonds. The van der Waals surface area contributed by atoms with E-state index < -0.39 is 17.8 Å². The zero-order valence-corrected chi connectivity index (χ0v) is 12.1. The number of benzene rings is 1. The molecule has 0 radical (unpaired) electrons. The molecule has 0 saturated carbocycles. The first-order chi connectivity index (χ1) is 9.90. The molecule has 1 fully saturated rings. The average molecular weight is 294 g/mol. The van der Waals surface area contributed by atoms with E-state index in [9.17, 15) is 14.0 Å². The first kappa shape index (κ1) is 15.3. The number of anilines is 1. The van der Waals surface area contributed by atoms with E-state index >= 15 is 0 Å². The van der Waals surface area contributed by atoms with Gasteiger partial charge in [-0.15, -0.1) is 0 Å². The summed E-state index contributed by atoms with van der Waals surface area (Å²) in [5.41, 5.74) is -0.526. The van der Waals surface area contributed by atoms with E-state index in [1.165, 1.54) is 12.1 Å². The monoisotopic (exact) mass is 294 g/mol. The fraction of sp³-hybridized carbons (Fsp3) is 0.467. The second-order valence-electron chi connectivity index (χ2n) is 5.57. The Morgan fingerprint density at radius 1 is 1.38 bits per heavy atom. The van der Waals surface area contributed by atoms with Crippen LogP contribution in [0.5, 0.6) is 0 Å². The number of nitrogens with one attached hydrogen (secondary N) is 1. The van der Waals surface area contributed by atoms with Crippen molar-refractivity contribution in [1.29, 1.82) is 0 Å². The van der Waals surface area contributed by atoms with Crippen LogP contribution in [-0.2, 0) is 0 Å². The predicted octanol–water partition coefficient (Wildman–Crippen LogP) is 3.18.